The lowest BCUT2D eigenvalue weighted by molar-refractivity contribution is -0.00574. The SMILES string of the molecule is C[C@@H]1CN(c2nccc(CN3CCN(C4CCCC4)CC3)n2)C[C@H](C)O1. The number of hydrogen-bond acceptors (Lipinski definition) is 6. The Hall–Kier alpha value is -1.24. The van der Waals surface area contributed by atoms with Crippen LogP contribution in [0.25, 0.3) is 0 Å². The highest BCUT2D eigenvalue weighted by Crippen LogP contribution is 2.24. The van der Waals surface area contributed by atoms with E-state index in [1.807, 2.05) is 6.20 Å². The van der Waals surface area contributed by atoms with Gasteiger partial charge in [-0.1, -0.05) is 12.8 Å². The molecule has 26 heavy (non-hydrogen) atoms. The van der Waals surface area contributed by atoms with Gasteiger partial charge in [0.15, 0.2) is 0 Å². The molecule has 6 heteroatoms. The van der Waals surface area contributed by atoms with Crippen LogP contribution < -0.4 is 4.90 Å². The second-order valence-electron chi connectivity index (χ2n) is 8.26. The van der Waals surface area contributed by atoms with Gasteiger partial charge in [-0.3, -0.25) is 9.80 Å². The summed E-state index contributed by atoms with van der Waals surface area (Å²) in [4.78, 5) is 16.9. The van der Waals surface area contributed by atoms with Gasteiger partial charge in [0.2, 0.25) is 5.95 Å². The number of morpholine rings is 1. The fraction of sp³-hybridized carbons (Fsp3) is 0.800. The Kier molecular flexibility index (Phi) is 5.72. The highest BCUT2D eigenvalue weighted by Gasteiger charge is 2.27. The van der Waals surface area contributed by atoms with E-state index in [9.17, 15) is 0 Å². The predicted octanol–water partition coefficient (Wildman–Crippen LogP) is 2.15. The second-order valence-corrected chi connectivity index (χ2v) is 8.26. The Morgan fingerprint density at radius 2 is 1.73 bits per heavy atom. The van der Waals surface area contributed by atoms with Crippen LogP contribution in [0, 0.1) is 0 Å². The number of rotatable bonds is 4. The minimum atomic E-state index is 0.231. The van der Waals surface area contributed by atoms with E-state index < -0.39 is 0 Å². The molecule has 0 spiro atoms. The Morgan fingerprint density at radius 1 is 1.04 bits per heavy atom. The molecule has 2 aliphatic heterocycles. The molecule has 0 bridgehead atoms. The van der Waals surface area contributed by atoms with Crippen LogP contribution in [0.5, 0.6) is 0 Å². The molecule has 2 atom stereocenters. The average Bonchev–Trinajstić information content (AvgIpc) is 3.16. The molecular weight excluding hydrogens is 326 g/mol. The maximum absolute atomic E-state index is 5.83. The van der Waals surface area contributed by atoms with Crippen molar-refractivity contribution in [1.82, 2.24) is 19.8 Å². The summed E-state index contributed by atoms with van der Waals surface area (Å²) in [5.74, 6) is 0.856. The highest BCUT2D eigenvalue weighted by atomic mass is 16.5. The smallest absolute Gasteiger partial charge is 0.225 e. The molecule has 3 heterocycles. The van der Waals surface area contributed by atoms with Crippen LogP contribution >= 0.6 is 0 Å². The second kappa shape index (κ2) is 8.19. The third kappa shape index (κ3) is 4.35. The normalized spacial score (nSPS) is 29.4. The average molecular weight is 360 g/mol. The molecule has 0 aromatic carbocycles. The van der Waals surface area contributed by atoms with Crippen LogP contribution in [-0.2, 0) is 11.3 Å². The van der Waals surface area contributed by atoms with Crippen molar-refractivity contribution in [3.05, 3.63) is 18.0 Å². The van der Waals surface area contributed by atoms with Crippen LogP contribution in [0.1, 0.15) is 45.2 Å². The van der Waals surface area contributed by atoms with Crippen molar-refractivity contribution in [2.24, 2.45) is 0 Å². The van der Waals surface area contributed by atoms with Crippen LogP contribution in [0.2, 0.25) is 0 Å². The third-order valence-electron chi connectivity index (χ3n) is 6.04. The first-order chi connectivity index (χ1) is 12.7. The summed E-state index contributed by atoms with van der Waals surface area (Å²) in [5.41, 5.74) is 1.14. The third-order valence-corrected chi connectivity index (χ3v) is 6.04. The molecule has 144 valence electrons. The molecule has 0 N–H and O–H groups in total. The minimum absolute atomic E-state index is 0.231. The lowest BCUT2D eigenvalue weighted by Crippen LogP contribution is -2.49. The maximum atomic E-state index is 5.83. The van der Waals surface area contributed by atoms with Crippen LogP contribution in [0.3, 0.4) is 0 Å². The van der Waals surface area contributed by atoms with Crippen molar-refractivity contribution in [2.75, 3.05) is 44.2 Å². The number of anilines is 1. The summed E-state index contributed by atoms with van der Waals surface area (Å²) in [6, 6.07) is 2.92. The molecule has 6 nitrogen and oxygen atoms in total. The Bertz CT molecular complexity index is 573. The van der Waals surface area contributed by atoms with E-state index in [1.54, 1.807) is 0 Å². The van der Waals surface area contributed by atoms with Crippen LogP contribution in [-0.4, -0.2) is 77.3 Å². The van der Waals surface area contributed by atoms with Crippen molar-refractivity contribution in [1.29, 1.82) is 0 Å². The highest BCUT2D eigenvalue weighted by molar-refractivity contribution is 5.31. The molecule has 2 saturated heterocycles. The fourth-order valence-electron chi connectivity index (χ4n) is 4.75. The lowest BCUT2D eigenvalue weighted by atomic mass is 10.2. The summed E-state index contributed by atoms with van der Waals surface area (Å²) in [5, 5.41) is 0. The minimum Gasteiger partial charge on any atom is -0.372 e. The van der Waals surface area contributed by atoms with E-state index >= 15 is 0 Å². The van der Waals surface area contributed by atoms with Crippen molar-refractivity contribution >= 4 is 5.95 Å². The van der Waals surface area contributed by atoms with E-state index in [0.717, 1.165) is 50.4 Å². The zero-order valence-electron chi connectivity index (χ0n) is 16.3. The van der Waals surface area contributed by atoms with Gasteiger partial charge in [0.1, 0.15) is 0 Å². The van der Waals surface area contributed by atoms with Crippen LogP contribution in [0.15, 0.2) is 12.3 Å². The van der Waals surface area contributed by atoms with Crippen molar-refractivity contribution in [3.8, 4) is 0 Å². The fourth-order valence-corrected chi connectivity index (χ4v) is 4.75. The zero-order valence-corrected chi connectivity index (χ0v) is 16.3. The lowest BCUT2D eigenvalue weighted by Gasteiger charge is -2.38. The molecule has 0 radical (unpaired) electrons. The Labute approximate surface area is 157 Å². The van der Waals surface area contributed by atoms with E-state index in [-0.39, 0.29) is 12.2 Å². The quantitative estimate of drug-likeness (QED) is 0.821. The van der Waals surface area contributed by atoms with E-state index in [0.29, 0.717) is 0 Å². The van der Waals surface area contributed by atoms with Crippen molar-refractivity contribution < 1.29 is 4.74 Å². The molecule has 3 fully saturated rings. The molecule has 0 amide bonds. The molecular formula is C20H33N5O. The first-order valence-corrected chi connectivity index (χ1v) is 10.4. The van der Waals surface area contributed by atoms with E-state index in [2.05, 4.69) is 39.6 Å². The van der Waals surface area contributed by atoms with Gasteiger partial charge in [0, 0.05) is 58.1 Å². The molecule has 1 aromatic heterocycles. The van der Waals surface area contributed by atoms with Gasteiger partial charge < -0.3 is 9.64 Å². The van der Waals surface area contributed by atoms with Gasteiger partial charge in [-0.25, -0.2) is 9.97 Å². The standard InChI is InChI=1S/C20H33N5O/c1-16-13-25(14-17(2)26-16)20-21-8-7-18(22-20)15-23-9-11-24(12-10-23)19-5-3-4-6-19/h7-8,16-17,19H,3-6,9-15H2,1-2H3/t16-,17+. The number of piperazine rings is 1. The summed E-state index contributed by atoms with van der Waals surface area (Å²) >= 11 is 0. The monoisotopic (exact) mass is 359 g/mol. The summed E-state index contributed by atoms with van der Waals surface area (Å²) in [7, 11) is 0. The molecule has 0 unspecified atom stereocenters. The van der Waals surface area contributed by atoms with Gasteiger partial charge >= 0.3 is 0 Å². The summed E-state index contributed by atoms with van der Waals surface area (Å²) in [6.07, 6.45) is 8.04. The predicted molar refractivity (Wildman–Crippen MR) is 103 cm³/mol. The molecule has 4 rings (SSSR count). The zero-order chi connectivity index (χ0) is 17.9. The van der Waals surface area contributed by atoms with Gasteiger partial charge in [-0.05, 0) is 32.8 Å². The number of aromatic nitrogens is 2. The van der Waals surface area contributed by atoms with E-state index in [1.165, 1.54) is 38.8 Å². The molecule has 1 aliphatic carbocycles. The Balaban J connectivity index is 1.33. The van der Waals surface area contributed by atoms with E-state index in [4.69, 9.17) is 9.72 Å². The topological polar surface area (TPSA) is 44.7 Å². The number of hydrogen-bond donors (Lipinski definition) is 0. The number of nitrogens with zero attached hydrogens (tertiary/aromatic N) is 5. The van der Waals surface area contributed by atoms with Gasteiger partial charge in [0.05, 0.1) is 17.9 Å². The summed E-state index contributed by atoms with van der Waals surface area (Å²) < 4.78 is 5.83. The largest absolute Gasteiger partial charge is 0.372 e. The first-order valence-electron chi connectivity index (χ1n) is 10.4. The summed E-state index contributed by atoms with van der Waals surface area (Å²) in [6.45, 7) is 11.6. The van der Waals surface area contributed by atoms with Crippen molar-refractivity contribution in [3.63, 3.8) is 0 Å². The van der Waals surface area contributed by atoms with Crippen molar-refractivity contribution in [2.45, 2.75) is 64.3 Å². The first kappa shape index (κ1) is 18.1. The van der Waals surface area contributed by atoms with Gasteiger partial charge in [-0.2, -0.15) is 0 Å². The Morgan fingerprint density at radius 3 is 2.42 bits per heavy atom. The van der Waals surface area contributed by atoms with Crippen LogP contribution in [0.4, 0.5) is 5.95 Å². The van der Waals surface area contributed by atoms with Gasteiger partial charge in [-0.15, -0.1) is 0 Å². The molecule has 3 aliphatic rings. The van der Waals surface area contributed by atoms with Gasteiger partial charge in [0.25, 0.3) is 0 Å². The number of ether oxygens (including phenoxy) is 1. The molecule has 1 saturated carbocycles. The molecule has 1 aromatic rings. The maximum Gasteiger partial charge on any atom is 0.225 e.